The van der Waals surface area contributed by atoms with Crippen molar-refractivity contribution >= 4 is 22.7 Å². The molecule has 6 rings (SSSR count). The van der Waals surface area contributed by atoms with Crippen LogP contribution >= 0.6 is 0 Å². The number of aryl methyl sites for hydroxylation is 1. The zero-order valence-electron chi connectivity index (χ0n) is 26.9. The van der Waals surface area contributed by atoms with Crippen molar-refractivity contribution in [2.24, 2.45) is 11.8 Å². The Labute approximate surface area is 255 Å². The number of para-hydroxylation sites is 1. The highest BCUT2D eigenvalue weighted by atomic mass is 16.3. The summed E-state index contributed by atoms with van der Waals surface area (Å²) in [5, 5.41) is 28.0. The minimum absolute atomic E-state index is 0.212. The van der Waals surface area contributed by atoms with Crippen molar-refractivity contribution in [2.75, 3.05) is 22.9 Å². The Balaban J connectivity index is 1.43. The van der Waals surface area contributed by atoms with Gasteiger partial charge in [-0.2, -0.15) is 5.21 Å². The Morgan fingerprint density at radius 3 is 2.02 bits per heavy atom. The summed E-state index contributed by atoms with van der Waals surface area (Å²) in [5.74, 6) is 3.55. The summed E-state index contributed by atoms with van der Waals surface area (Å²) in [5.41, 5.74) is 6.04. The second-order valence-corrected chi connectivity index (χ2v) is 15.0. The van der Waals surface area contributed by atoms with Gasteiger partial charge < -0.3 is 14.9 Å². The van der Waals surface area contributed by atoms with Crippen LogP contribution in [0.2, 0.25) is 0 Å². The molecule has 2 heterocycles. The molecule has 0 spiro atoms. The van der Waals surface area contributed by atoms with Gasteiger partial charge in [0.15, 0.2) is 0 Å². The fourth-order valence-corrected chi connectivity index (χ4v) is 6.09. The van der Waals surface area contributed by atoms with Crippen LogP contribution in [-0.4, -0.2) is 43.8 Å². The van der Waals surface area contributed by atoms with Gasteiger partial charge in [-0.15, -0.1) is 5.10 Å². The average Bonchev–Trinajstić information content (AvgIpc) is 3.87. The maximum Gasteiger partial charge on any atom is 0.266 e. The molecule has 8 heteroatoms. The molecule has 0 atom stereocenters. The van der Waals surface area contributed by atoms with Gasteiger partial charge in [-0.1, -0.05) is 64.8 Å². The van der Waals surface area contributed by atoms with E-state index in [4.69, 9.17) is 4.98 Å². The number of fused-ring (bicyclic) bond motifs is 1. The monoisotopic (exact) mass is 581 g/mol. The maximum absolute atomic E-state index is 11.3. The molecule has 2 aliphatic rings. The molecule has 8 nitrogen and oxygen atoms in total. The van der Waals surface area contributed by atoms with Crippen LogP contribution in [0.15, 0.2) is 36.4 Å². The summed E-state index contributed by atoms with van der Waals surface area (Å²) in [4.78, 5) is 10.1. The van der Waals surface area contributed by atoms with E-state index in [-0.39, 0.29) is 10.8 Å². The molecule has 0 amide bonds. The first-order valence-corrected chi connectivity index (χ1v) is 15.9. The molecule has 4 aromatic rings. The number of H-pyrrole nitrogens is 1. The summed E-state index contributed by atoms with van der Waals surface area (Å²) < 4.78 is 0. The van der Waals surface area contributed by atoms with Crippen molar-refractivity contribution in [1.82, 2.24) is 25.6 Å². The van der Waals surface area contributed by atoms with E-state index in [1.807, 2.05) is 0 Å². The predicted molar refractivity (Wildman–Crippen MR) is 174 cm³/mol. The molecule has 2 saturated carbocycles. The first kappa shape index (κ1) is 29.4. The topological polar surface area (TPSA) is 94.1 Å². The van der Waals surface area contributed by atoms with Gasteiger partial charge in [-0.25, -0.2) is 4.98 Å². The predicted octanol–water partition coefficient (Wildman–Crippen LogP) is 7.19. The molecule has 0 radical (unpaired) electrons. The number of pyridine rings is 1. The first-order valence-electron chi connectivity index (χ1n) is 15.9. The van der Waals surface area contributed by atoms with Crippen molar-refractivity contribution in [2.45, 2.75) is 98.1 Å². The molecule has 0 unspecified atom stereocenters. The van der Waals surface area contributed by atoms with Gasteiger partial charge in [0.2, 0.25) is 0 Å². The normalized spacial score (nSPS) is 15.7. The number of aromatic amines is 1. The van der Waals surface area contributed by atoms with E-state index in [1.54, 1.807) is 0 Å². The summed E-state index contributed by atoms with van der Waals surface area (Å²) in [6.07, 6.45) is 5.24. The molecule has 0 bridgehead atoms. The molecule has 0 saturated heterocycles. The van der Waals surface area contributed by atoms with Crippen LogP contribution in [0.3, 0.4) is 0 Å². The van der Waals surface area contributed by atoms with Gasteiger partial charge >= 0.3 is 0 Å². The third kappa shape index (κ3) is 6.63. The third-order valence-electron chi connectivity index (χ3n) is 8.89. The standard InChI is InChI=1S/C35H47N7O/c1-22-9-8-10-26-17-27(32(36-30(22)26)41(18-23-11-12-23)19-24-13-14-24)21-42(33-37-39-40-38-33)20-25-15-28(34(2,3)4)31(43)29(16-25)35(5,6)7/h8-10,15-17,23-24,43H,11-14,18-21H2,1-7H3,(H,37,38,39,40). The number of hydrogen-bond donors (Lipinski definition) is 2. The maximum atomic E-state index is 11.3. The van der Waals surface area contributed by atoms with E-state index in [9.17, 15) is 5.11 Å². The molecule has 2 fully saturated rings. The zero-order valence-corrected chi connectivity index (χ0v) is 26.9. The molecule has 0 aliphatic heterocycles. The van der Waals surface area contributed by atoms with Crippen LogP contribution in [0.1, 0.15) is 95.0 Å². The van der Waals surface area contributed by atoms with Gasteiger partial charge in [0.25, 0.3) is 5.95 Å². The molecule has 228 valence electrons. The number of aromatic nitrogens is 5. The molecule has 2 aliphatic carbocycles. The minimum atomic E-state index is -0.212. The van der Waals surface area contributed by atoms with Crippen LogP contribution in [0.25, 0.3) is 10.9 Å². The number of phenols is 1. The fourth-order valence-electron chi connectivity index (χ4n) is 6.09. The van der Waals surface area contributed by atoms with E-state index in [1.165, 1.54) is 36.8 Å². The van der Waals surface area contributed by atoms with Crippen LogP contribution in [0.4, 0.5) is 11.8 Å². The lowest BCUT2D eigenvalue weighted by Gasteiger charge is -2.31. The van der Waals surface area contributed by atoms with E-state index in [0.29, 0.717) is 24.8 Å². The van der Waals surface area contributed by atoms with Crippen molar-refractivity contribution in [3.8, 4) is 5.75 Å². The van der Waals surface area contributed by atoms with Crippen LogP contribution in [0, 0.1) is 18.8 Å². The zero-order chi connectivity index (χ0) is 30.5. The summed E-state index contributed by atoms with van der Waals surface area (Å²) in [6.45, 7) is 18.4. The highest BCUT2D eigenvalue weighted by molar-refractivity contribution is 5.84. The lowest BCUT2D eigenvalue weighted by molar-refractivity contribution is 0.422. The fraction of sp³-hybridized carbons (Fsp3) is 0.543. The molecule has 2 aromatic carbocycles. The van der Waals surface area contributed by atoms with E-state index in [2.05, 4.69) is 115 Å². The SMILES string of the molecule is Cc1cccc2cc(CN(Cc3cc(C(C)(C)C)c(O)c(C(C)(C)C)c3)c3nn[nH]n3)c(N(CC3CC3)CC3CC3)nc12. The Morgan fingerprint density at radius 2 is 1.49 bits per heavy atom. The van der Waals surface area contributed by atoms with Gasteiger partial charge in [0.1, 0.15) is 11.6 Å². The highest BCUT2D eigenvalue weighted by Gasteiger charge is 2.32. The van der Waals surface area contributed by atoms with Gasteiger partial charge in [-0.3, -0.25) is 0 Å². The quantitative estimate of drug-likeness (QED) is 0.205. The van der Waals surface area contributed by atoms with E-state index < -0.39 is 0 Å². The summed E-state index contributed by atoms with van der Waals surface area (Å²) in [6, 6.07) is 13.0. The van der Waals surface area contributed by atoms with Crippen molar-refractivity contribution < 1.29 is 5.11 Å². The second-order valence-electron chi connectivity index (χ2n) is 15.0. The molecule has 43 heavy (non-hydrogen) atoms. The summed E-state index contributed by atoms with van der Waals surface area (Å²) >= 11 is 0. The van der Waals surface area contributed by atoms with Crippen molar-refractivity contribution in [3.63, 3.8) is 0 Å². The number of nitrogens with one attached hydrogen (secondary N) is 1. The van der Waals surface area contributed by atoms with Crippen molar-refractivity contribution in [3.05, 3.63) is 64.2 Å². The lowest BCUT2D eigenvalue weighted by atomic mass is 9.78. The Morgan fingerprint density at radius 1 is 0.860 bits per heavy atom. The van der Waals surface area contributed by atoms with Gasteiger partial charge in [0.05, 0.1) is 5.52 Å². The second kappa shape index (κ2) is 11.1. The lowest BCUT2D eigenvalue weighted by Crippen LogP contribution is -2.32. The first-order chi connectivity index (χ1) is 20.4. The number of aromatic hydroxyl groups is 1. The highest BCUT2D eigenvalue weighted by Crippen LogP contribution is 2.41. The number of anilines is 2. The van der Waals surface area contributed by atoms with Crippen LogP contribution in [0.5, 0.6) is 5.75 Å². The number of hydrogen-bond acceptors (Lipinski definition) is 7. The van der Waals surface area contributed by atoms with Gasteiger partial charge in [-0.05, 0) is 101 Å². The molecule has 2 aromatic heterocycles. The van der Waals surface area contributed by atoms with E-state index in [0.717, 1.165) is 58.3 Å². The molecular formula is C35H47N7O. The number of phenolic OH excluding ortho intramolecular Hbond substituents is 1. The number of nitrogens with zero attached hydrogens (tertiary/aromatic N) is 6. The largest absolute Gasteiger partial charge is 0.507 e. The minimum Gasteiger partial charge on any atom is -0.507 e. The average molecular weight is 582 g/mol. The Hall–Kier alpha value is -3.68. The van der Waals surface area contributed by atoms with Crippen molar-refractivity contribution in [1.29, 1.82) is 0 Å². The molecular weight excluding hydrogens is 534 g/mol. The summed E-state index contributed by atoms with van der Waals surface area (Å²) in [7, 11) is 0. The number of tetrazole rings is 1. The number of benzene rings is 2. The van der Waals surface area contributed by atoms with Crippen LogP contribution in [-0.2, 0) is 23.9 Å². The van der Waals surface area contributed by atoms with E-state index >= 15 is 0 Å². The van der Waals surface area contributed by atoms with Crippen LogP contribution < -0.4 is 9.80 Å². The Bertz CT molecular complexity index is 1540. The smallest absolute Gasteiger partial charge is 0.266 e. The number of rotatable bonds is 10. The van der Waals surface area contributed by atoms with Gasteiger partial charge in [0, 0.05) is 37.1 Å². The third-order valence-corrected chi connectivity index (χ3v) is 8.89. The Kier molecular flexibility index (Phi) is 7.59. The molecule has 2 N–H and O–H groups in total.